The molecule has 9 heteroatoms. The molecule has 1 unspecified atom stereocenters. The number of nitrogens with zero attached hydrogens (tertiary/aromatic N) is 3. The number of hydrogen-bond acceptors (Lipinski definition) is 7. The summed E-state index contributed by atoms with van der Waals surface area (Å²) in [5, 5.41) is 17.2. The molecule has 1 aromatic heterocycles. The Morgan fingerprint density at radius 3 is 2.48 bits per heavy atom. The van der Waals surface area contributed by atoms with E-state index in [9.17, 15) is 19.7 Å². The van der Waals surface area contributed by atoms with Gasteiger partial charge in [0.05, 0.1) is 22.1 Å². The summed E-state index contributed by atoms with van der Waals surface area (Å²) >= 11 is 0. The highest BCUT2D eigenvalue weighted by atomic mass is 16.6. The van der Waals surface area contributed by atoms with E-state index in [1.54, 1.807) is 49.4 Å². The van der Waals surface area contributed by atoms with E-state index in [2.05, 4.69) is 5.10 Å². The highest BCUT2D eigenvalue weighted by Crippen LogP contribution is 2.35. The van der Waals surface area contributed by atoms with Crippen molar-refractivity contribution in [3.8, 4) is 17.1 Å². The Bertz CT molecular complexity index is 1280. The molecule has 1 atom stereocenters. The molecule has 168 valence electrons. The van der Waals surface area contributed by atoms with Gasteiger partial charge in [-0.3, -0.25) is 19.7 Å². The maximum Gasteiger partial charge on any atom is 0.298 e. The van der Waals surface area contributed by atoms with E-state index in [1.165, 1.54) is 11.1 Å². The molecular weight excluding hydrogens is 426 g/mol. The third-order valence-electron chi connectivity index (χ3n) is 5.68. The van der Waals surface area contributed by atoms with Gasteiger partial charge in [0.25, 0.3) is 18.1 Å². The summed E-state index contributed by atoms with van der Waals surface area (Å²) in [6, 6.07) is 13.1. The summed E-state index contributed by atoms with van der Waals surface area (Å²) in [6.45, 7) is 5.81. The van der Waals surface area contributed by atoms with Crippen molar-refractivity contribution in [2.45, 2.75) is 27.2 Å². The number of carbonyl (C=O) groups excluding carboxylic acids is 2. The van der Waals surface area contributed by atoms with Crippen molar-refractivity contribution in [1.82, 2.24) is 0 Å². The fourth-order valence-corrected chi connectivity index (χ4v) is 3.73. The molecular formula is C24H21N3O6. The maximum atomic E-state index is 13.0. The van der Waals surface area contributed by atoms with Crippen LogP contribution in [0.4, 0.5) is 11.4 Å². The van der Waals surface area contributed by atoms with Gasteiger partial charge in [-0.05, 0) is 74.4 Å². The summed E-state index contributed by atoms with van der Waals surface area (Å²) in [6.07, 6.45) is 0.273. The molecule has 1 amide bonds. The van der Waals surface area contributed by atoms with E-state index in [4.69, 9.17) is 9.15 Å². The molecule has 0 saturated carbocycles. The van der Waals surface area contributed by atoms with Crippen LogP contribution in [-0.2, 0) is 16.0 Å². The molecule has 0 fully saturated rings. The normalized spacial score (nSPS) is 15.5. The van der Waals surface area contributed by atoms with Gasteiger partial charge in [0.15, 0.2) is 0 Å². The third kappa shape index (κ3) is 4.25. The zero-order valence-electron chi connectivity index (χ0n) is 18.3. The Balaban J connectivity index is 1.55. The summed E-state index contributed by atoms with van der Waals surface area (Å²) in [5.74, 6) is 0.530. The molecule has 4 rings (SSSR count). The van der Waals surface area contributed by atoms with Crippen LogP contribution in [0.15, 0.2) is 58.0 Å². The molecule has 0 radical (unpaired) electrons. The first-order valence-corrected chi connectivity index (χ1v) is 10.2. The minimum atomic E-state index is -0.523. The number of nitro benzene ring substituents is 1. The van der Waals surface area contributed by atoms with Gasteiger partial charge in [-0.1, -0.05) is 0 Å². The maximum absolute atomic E-state index is 13.0. The molecule has 1 aliphatic heterocycles. The number of hydrogen-bond donors (Lipinski definition) is 0. The number of aryl methyl sites for hydroxylation is 2. The number of furan rings is 1. The largest absolute Gasteiger partial charge is 0.461 e. The fraction of sp³-hybridized carbons (Fsp3) is 0.208. The standard InChI is InChI=1S/C24H21N3O6/c1-14-10-21(22(27(30)31)11-15(14)2)23-9-8-19(33-23)12-20-16(3)25-26(24(20)29)17-4-6-18(7-5-17)32-13-28/h4-11,13,20H,12H2,1-3H3. The first-order valence-electron chi connectivity index (χ1n) is 10.2. The average molecular weight is 447 g/mol. The van der Waals surface area contributed by atoms with Crippen LogP contribution in [0.5, 0.6) is 5.75 Å². The van der Waals surface area contributed by atoms with Crippen molar-refractivity contribution in [2.75, 3.05) is 5.01 Å². The topological polar surface area (TPSA) is 115 Å². The van der Waals surface area contributed by atoms with E-state index in [-0.39, 0.29) is 18.0 Å². The van der Waals surface area contributed by atoms with Gasteiger partial charge in [0.1, 0.15) is 17.3 Å². The molecule has 3 aromatic rings. The third-order valence-corrected chi connectivity index (χ3v) is 5.68. The van der Waals surface area contributed by atoms with Crippen LogP contribution in [0.1, 0.15) is 23.8 Å². The van der Waals surface area contributed by atoms with Crippen LogP contribution in [0.25, 0.3) is 11.3 Å². The summed E-state index contributed by atoms with van der Waals surface area (Å²) in [4.78, 5) is 34.6. The van der Waals surface area contributed by atoms with Crippen molar-refractivity contribution in [3.63, 3.8) is 0 Å². The van der Waals surface area contributed by atoms with Gasteiger partial charge < -0.3 is 9.15 Å². The molecule has 0 bridgehead atoms. The average Bonchev–Trinajstić information content (AvgIpc) is 3.36. The highest BCUT2D eigenvalue weighted by molar-refractivity contribution is 6.14. The van der Waals surface area contributed by atoms with Gasteiger partial charge in [-0.25, -0.2) is 5.01 Å². The number of rotatable bonds is 7. The lowest BCUT2D eigenvalue weighted by Gasteiger charge is -2.14. The molecule has 2 heterocycles. The number of nitro groups is 1. The number of ether oxygens (including phenoxy) is 1. The van der Waals surface area contributed by atoms with E-state index in [1.807, 2.05) is 13.8 Å². The molecule has 2 aromatic carbocycles. The number of anilines is 1. The predicted octanol–water partition coefficient (Wildman–Crippen LogP) is 4.59. The van der Waals surface area contributed by atoms with Crippen molar-refractivity contribution in [2.24, 2.45) is 11.0 Å². The number of benzene rings is 2. The van der Waals surface area contributed by atoms with E-state index in [0.29, 0.717) is 40.7 Å². The Morgan fingerprint density at radius 1 is 1.12 bits per heavy atom. The van der Waals surface area contributed by atoms with Crippen LogP contribution in [-0.4, -0.2) is 23.0 Å². The molecule has 9 nitrogen and oxygen atoms in total. The molecule has 33 heavy (non-hydrogen) atoms. The lowest BCUT2D eigenvalue weighted by molar-refractivity contribution is -0.384. The number of carbonyl (C=O) groups is 2. The minimum absolute atomic E-state index is 0.0260. The Kier molecular flexibility index (Phi) is 5.78. The molecule has 0 spiro atoms. The summed E-state index contributed by atoms with van der Waals surface area (Å²) < 4.78 is 10.7. The van der Waals surface area contributed by atoms with Crippen LogP contribution in [0, 0.1) is 29.9 Å². The quantitative estimate of drug-likeness (QED) is 0.297. The second-order valence-corrected chi connectivity index (χ2v) is 7.83. The molecule has 0 saturated heterocycles. The minimum Gasteiger partial charge on any atom is -0.461 e. The zero-order chi connectivity index (χ0) is 23.7. The lowest BCUT2D eigenvalue weighted by Crippen LogP contribution is -2.28. The van der Waals surface area contributed by atoms with Gasteiger partial charge in [-0.15, -0.1) is 0 Å². The van der Waals surface area contributed by atoms with Gasteiger partial charge in [0.2, 0.25) is 0 Å². The second kappa shape index (κ2) is 8.70. The zero-order valence-corrected chi connectivity index (χ0v) is 18.3. The van der Waals surface area contributed by atoms with E-state index in [0.717, 1.165) is 11.1 Å². The van der Waals surface area contributed by atoms with Crippen LogP contribution in [0.2, 0.25) is 0 Å². The van der Waals surface area contributed by atoms with Crippen LogP contribution < -0.4 is 9.75 Å². The van der Waals surface area contributed by atoms with Crippen LogP contribution >= 0.6 is 0 Å². The van der Waals surface area contributed by atoms with E-state index >= 15 is 0 Å². The first kappa shape index (κ1) is 21.9. The smallest absolute Gasteiger partial charge is 0.298 e. The van der Waals surface area contributed by atoms with Crippen molar-refractivity contribution in [1.29, 1.82) is 0 Å². The summed E-state index contributed by atoms with van der Waals surface area (Å²) in [5.41, 5.74) is 3.29. The number of amides is 1. The predicted molar refractivity (Wildman–Crippen MR) is 121 cm³/mol. The van der Waals surface area contributed by atoms with Crippen LogP contribution in [0.3, 0.4) is 0 Å². The second-order valence-electron chi connectivity index (χ2n) is 7.83. The summed E-state index contributed by atoms with van der Waals surface area (Å²) in [7, 11) is 0. The highest BCUT2D eigenvalue weighted by Gasteiger charge is 2.35. The first-order chi connectivity index (χ1) is 15.8. The van der Waals surface area contributed by atoms with Gasteiger partial charge in [-0.2, -0.15) is 5.10 Å². The van der Waals surface area contributed by atoms with Crippen molar-refractivity contribution >= 4 is 29.5 Å². The van der Waals surface area contributed by atoms with Gasteiger partial charge >= 0.3 is 0 Å². The van der Waals surface area contributed by atoms with Gasteiger partial charge in [0, 0.05) is 18.2 Å². The SMILES string of the molecule is CC1=NN(c2ccc(OC=O)cc2)C(=O)C1Cc1ccc(-c2cc(C)c(C)cc2[N+](=O)[O-])o1. The van der Waals surface area contributed by atoms with E-state index < -0.39 is 10.8 Å². The molecule has 0 N–H and O–H groups in total. The Hall–Kier alpha value is -4.27. The van der Waals surface area contributed by atoms with Crippen molar-refractivity contribution < 1.29 is 23.7 Å². The molecule has 0 aliphatic carbocycles. The Morgan fingerprint density at radius 2 is 1.82 bits per heavy atom. The lowest BCUT2D eigenvalue weighted by atomic mass is 9.99. The monoisotopic (exact) mass is 447 g/mol. The Labute approximate surface area is 189 Å². The number of hydrazone groups is 1. The molecule has 1 aliphatic rings. The van der Waals surface area contributed by atoms with Crippen molar-refractivity contribution in [3.05, 3.63) is 75.5 Å². The fourth-order valence-electron chi connectivity index (χ4n) is 3.73.